The van der Waals surface area contributed by atoms with Crippen molar-refractivity contribution in [2.45, 2.75) is 51.1 Å². The molecule has 1 aromatic rings. The molecule has 0 bridgehead atoms. The van der Waals surface area contributed by atoms with E-state index in [2.05, 4.69) is 0 Å². The quantitative estimate of drug-likeness (QED) is 0.542. The predicted octanol–water partition coefficient (Wildman–Crippen LogP) is 2.00. The molecule has 0 saturated carbocycles. The predicted molar refractivity (Wildman–Crippen MR) is 112 cm³/mol. The van der Waals surface area contributed by atoms with Crippen molar-refractivity contribution in [3.05, 3.63) is 34.4 Å². The largest absolute Gasteiger partial charge is 0.338 e. The molecule has 2 N–H and O–H groups in total. The van der Waals surface area contributed by atoms with Crippen LogP contribution in [0.5, 0.6) is 0 Å². The average molecular weight is 449 g/mol. The number of nitrogens with two attached hydrogens (primary N) is 1. The van der Waals surface area contributed by atoms with E-state index in [-0.39, 0.29) is 48.3 Å². The number of carbonyl (C=O) groups excluding carboxylic acids is 1. The fraction of sp³-hybridized carbons (Fsp3) is 0.611. The maximum Gasteiger partial charge on any atom is 0.289 e. The van der Waals surface area contributed by atoms with E-state index in [4.69, 9.17) is 5.73 Å². The number of sulfonamides is 1. The molecule has 164 valence electrons. The second-order valence-corrected chi connectivity index (χ2v) is 10.2. The summed E-state index contributed by atoms with van der Waals surface area (Å²) in [5.41, 5.74) is 5.49. The number of amides is 1. The molecule has 1 saturated heterocycles. The van der Waals surface area contributed by atoms with Gasteiger partial charge in [-0.2, -0.15) is 4.31 Å². The van der Waals surface area contributed by atoms with Gasteiger partial charge in [0.1, 0.15) is 0 Å². The molecule has 1 amide bonds. The van der Waals surface area contributed by atoms with E-state index in [1.165, 1.54) is 28.6 Å². The van der Waals surface area contributed by atoms with Gasteiger partial charge in [-0.25, -0.2) is 8.42 Å². The van der Waals surface area contributed by atoms with E-state index in [9.17, 15) is 23.3 Å². The van der Waals surface area contributed by atoms with E-state index in [1.54, 1.807) is 11.8 Å². The van der Waals surface area contributed by atoms with Gasteiger partial charge in [0.25, 0.3) is 5.69 Å². The van der Waals surface area contributed by atoms with E-state index in [0.717, 1.165) is 0 Å². The lowest BCUT2D eigenvalue weighted by atomic mass is 9.88. The number of piperazine rings is 1. The number of nitro benzene ring substituents is 1. The average Bonchev–Trinajstić information content (AvgIpc) is 2.59. The van der Waals surface area contributed by atoms with E-state index in [0.29, 0.717) is 6.42 Å². The summed E-state index contributed by atoms with van der Waals surface area (Å²) in [6.45, 7) is 8.13. The second kappa shape index (κ2) is 9.38. The monoisotopic (exact) mass is 448 g/mol. The Morgan fingerprint density at radius 1 is 1.31 bits per heavy atom. The summed E-state index contributed by atoms with van der Waals surface area (Å²) in [7, 11) is -4.06. The molecule has 1 aliphatic rings. The maximum absolute atomic E-state index is 13.0. The third-order valence-electron chi connectivity index (χ3n) is 4.68. The molecule has 0 aliphatic carbocycles. The Labute approximate surface area is 177 Å². The van der Waals surface area contributed by atoms with Crippen molar-refractivity contribution >= 4 is 34.0 Å². The van der Waals surface area contributed by atoms with Crippen LogP contribution in [-0.4, -0.2) is 60.2 Å². The van der Waals surface area contributed by atoms with Crippen molar-refractivity contribution in [3.63, 3.8) is 0 Å². The fourth-order valence-corrected chi connectivity index (χ4v) is 5.20. The molecule has 0 aromatic heterocycles. The molecule has 2 rings (SSSR count). The highest BCUT2D eigenvalue weighted by Crippen LogP contribution is 2.29. The molecule has 1 unspecified atom stereocenters. The van der Waals surface area contributed by atoms with Crippen LogP contribution in [0.4, 0.5) is 5.69 Å². The molecule has 2 atom stereocenters. The lowest BCUT2D eigenvalue weighted by Gasteiger charge is -2.40. The number of nitrogens with zero attached hydrogens (tertiary/aromatic N) is 3. The molecule has 1 fully saturated rings. The lowest BCUT2D eigenvalue weighted by molar-refractivity contribution is -0.387. The molecular formula is C18H29ClN4O5S. The second-order valence-electron chi connectivity index (χ2n) is 8.35. The number of halogens is 1. The van der Waals surface area contributed by atoms with Gasteiger partial charge >= 0.3 is 0 Å². The first kappa shape index (κ1) is 25.3. The minimum absolute atomic E-state index is 0. The lowest BCUT2D eigenvalue weighted by Crippen LogP contribution is -2.58. The Balaban J connectivity index is 0.00000420. The van der Waals surface area contributed by atoms with E-state index >= 15 is 0 Å². The first-order chi connectivity index (χ1) is 12.8. The van der Waals surface area contributed by atoms with Crippen LogP contribution in [-0.2, 0) is 14.8 Å². The maximum atomic E-state index is 13.0. The van der Waals surface area contributed by atoms with Gasteiger partial charge < -0.3 is 10.6 Å². The summed E-state index contributed by atoms with van der Waals surface area (Å²) in [5, 5.41) is 11.2. The van der Waals surface area contributed by atoms with Crippen molar-refractivity contribution in [1.29, 1.82) is 0 Å². The van der Waals surface area contributed by atoms with Crippen molar-refractivity contribution in [2.24, 2.45) is 11.1 Å². The number of hydrogen-bond donors (Lipinski definition) is 1. The van der Waals surface area contributed by atoms with Crippen LogP contribution in [0.2, 0.25) is 0 Å². The first-order valence-electron chi connectivity index (χ1n) is 9.14. The van der Waals surface area contributed by atoms with Gasteiger partial charge in [0.2, 0.25) is 15.9 Å². The molecule has 9 nitrogen and oxygen atoms in total. The normalized spacial score (nSPS) is 19.3. The van der Waals surface area contributed by atoms with Crippen LogP contribution >= 0.6 is 12.4 Å². The molecule has 11 heteroatoms. The fourth-order valence-electron chi connectivity index (χ4n) is 3.43. The van der Waals surface area contributed by atoms with Crippen molar-refractivity contribution in [1.82, 2.24) is 9.21 Å². The molecular weight excluding hydrogens is 420 g/mol. The van der Waals surface area contributed by atoms with Crippen LogP contribution in [0.3, 0.4) is 0 Å². The number of carbonyl (C=O) groups is 1. The zero-order valence-electron chi connectivity index (χ0n) is 17.1. The summed E-state index contributed by atoms with van der Waals surface area (Å²) in [5.74, 6) is -0.204. The Hall–Kier alpha value is -1.75. The molecule has 0 radical (unpaired) electrons. The Bertz CT molecular complexity index is 856. The number of hydrogen-bond acceptors (Lipinski definition) is 6. The van der Waals surface area contributed by atoms with Gasteiger partial charge in [-0.05, 0) is 24.8 Å². The molecule has 1 aliphatic heterocycles. The minimum atomic E-state index is -4.06. The zero-order valence-corrected chi connectivity index (χ0v) is 18.7. The van der Waals surface area contributed by atoms with E-state index < -0.39 is 32.7 Å². The van der Waals surface area contributed by atoms with Gasteiger partial charge in [0.05, 0.1) is 11.0 Å². The minimum Gasteiger partial charge on any atom is -0.338 e. The molecule has 29 heavy (non-hydrogen) atoms. The third-order valence-corrected chi connectivity index (χ3v) is 6.74. The molecule has 0 spiro atoms. The first-order valence-corrected chi connectivity index (χ1v) is 10.6. The Morgan fingerprint density at radius 3 is 2.41 bits per heavy atom. The van der Waals surface area contributed by atoms with E-state index in [1.807, 2.05) is 20.8 Å². The molecule has 1 heterocycles. The summed E-state index contributed by atoms with van der Waals surface area (Å²) >= 11 is 0. The topological polar surface area (TPSA) is 127 Å². The summed E-state index contributed by atoms with van der Waals surface area (Å²) < 4.78 is 27.2. The van der Waals surface area contributed by atoms with Crippen molar-refractivity contribution < 1.29 is 18.1 Å². The number of benzene rings is 1. The standard InChI is InChI=1S/C18H28N4O5S.ClH/c1-13-12-20(17(23)14(19)11-18(2,3)4)9-10-21(13)28(26,27)16-8-6-5-7-15(16)22(24)25;/h5-8,13-14H,9-12,19H2,1-4H3;1H/t13-,14?;/m0./s1. The van der Waals surface area contributed by atoms with Gasteiger partial charge in [-0.15, -0.1) is 12.4 Å². The van der Waals surface area contributed by atoms with Crippen molar-refractivity contribution in [3.8, 4) is 0 Å². The van der Waals surface area contributed by atoms with Gasteiger partial charge in [0.15, 0.2) is 4.90 Å². The molecule has 1 aromatic carbocycles. The highest BCUT2D eigenvalue weighted by atomic mass is 35.5. The number of rotatable bonds is 5. The highest BCUT2D eigenvalue weighted by Gasteiger charge is 2.39. The summed E-state index contributed by atoms with van der Waals surface area (Å²) in [6, 6.07) is 4.11. The zero-order chi connectivity index (χ0) is 21.3. The van der Waals surface area contributed by atoms with Crippen LogP contribution in [0.1, 0.15) is 34.1 Å². The summed E-state index contributed by atoms with van der Waals surface area (Å²) in [4.78, 5) is 24.4. The third kappa shape index (κ3) is 5.88. The van der Waals surface area contributed by atoms with Crippen LogP contribution in [0.25, 0.3) is 0 Å². The van der Waals surface area contributed by atoms with Crippen molar-refractivity contribution in [2.75, 3.05) is 19.6 Å². The van der Waals surface area contributed by atoms with Gasteiger partial charge in [-0.3, -0.25) is 14.9 Å². The highest BCUT2D eigenvalue weighted by molar-refractivity contribution is 7.89. The number of nitro groups is 1. The number of para-hydroxylation sites is 1. The van der Waals surface area contributed by atoms with Gasteiger partial charge in [-0.1, -0.05) is 32.9 Å². The Kier molecular flexibility index (Phi) is 8.18. The Morgan fingerprint density at radius 2 is 1.90 bits per heavy atom. The van der Waals surface area contributed by atoms with Crippen LogP contribution in [0.15, 0.2) is 29.2 Å². The summed E-state index contributed by atoms with van der Waals surface area (Å²) in [6.07, 6.45) is 0.523. The SMILES string of the molecule is C[C@H]1CN(C(=O)C(N)CC(C)(C)C)CCN1S(=O)(=O)c1ccccc1[N+](=O)[O-].Cl. The van der Waals surface area contributed by atoms with Crippen LogP contribution < -0.4 is 5.73 Å². The van der Waals surface area contributed by atoms with Gasteiger partial charge in [0, 0.05) is 31.7 Å². The smallest absolute Gasteiger partial charge is 0.289 e. The van der Waals surface area contributed by atoms with Crippen LogP contribution in [0, 0.1) is 15.5 Å².